The van der Waals surface area contributed by atoms with Crippen LogP contribution >= 0.6 is 0 Å². The number of nitrogens with one attached hydrogen (secondary N) is 2. The van der Waals surface area contributed by atoms with Gasteiger partial charge in [0.1, 0.15) is 12.2 Å². The van der Waals surface area contributed by atoms with Crippen LogP contribution in [0.15, 0.2) is 0 Å². The maximum absolute atomic E-state index is 13.7. The molecule has 3 aliphatic heterocycles. The first-order chi connectivity index (χ1) is 12.2. The molecule has 1 saturated carbocycles. The number of piperidine rings is 1. The molecule has 0 aromatic rings. The highest BCUT2D eigenvalue weighted by atomic mass is 19.1. The molecule has 1 amide bonds. The Hall–Kier alpha value is -0.720. The lowest BCUT2D eigenvalue weighted by molar-refractivity contribution is -0.133. The van der Waals surface area contributed by atoms with Crippen LogP contribution in [-0.2, 0) is 9.63 Å². The van der Waals surface area contributed by atoms with E-state index in [-0.39, 0.29) is 18.1 Å². The maximum atomic E-state index is 13.7. The van der Waals surface area contributed by atoms with Crippen LogP contribution in [-0.4, -0.2) is 54.8 Å². The molecule has 142 valence electrons. The Morgan fingerprint density at radius 3 is 2.76 bits per heavy atom. The van der Waals surface area contributed by atoms with Gasteiger partial charge in [-0.05, 0) is 56.9 Å². The molecule has 0 spiro atoms. The fourth-order valence-electron chi connectivity index (χ4n) is 5.28. The number of likely N-dealkylation sites (tertiary alicyclic amines) is 1. The van der Waals surface area contributed by atoms with E-state index in [4.69, 9.17) is 4.84 Å². The van der Waals surface area contributed by atoms with Gasteiger partial charge in [0.15, 0.2) is 0 Å². The third-order valence-corrected chi connectivity index (χ3v) is 6.78. The van der Waals surface area contributed by atoms with Gasteiger partial charge in [-0.1, -0.05) is 12.8 Å². The molecule has 0 radical (unpaired) electrons. The number of carbonyl (C=O) groups is 1. The van der Waals surface area contributed by atoms with Crippen molar-refractivity contribution in [2.75, 3.05) is 19.6 Å². The summed E-state index contributed by atoms with van der Waals surface area (Å²) in [4.78, 5) is 20.6. The molecule has 2 N–H and O–H groups in total. The average molecular weight is 353 g/mol. The SMILES string of the molecule is O=C(C1CC(C2CCCCN2)ON1)N1CCC(C2CCCC(F)C2)C1. The molecule has 6 atom stereocenters. The van der Waals surface area contributed by atoms with E-state index in [0.29, 0.717) is 24.3 Å². The Kier molecular flexibility index (Phi) is 5.58. The van der Waals surface area contributed by atoms with Crippen molar-refractivity contribution < 1.29 is 14.0 Å². The topological polar surface area (TPSA) is 53.6 Å². The lowest BCUT2D eigenvalue weighted by Crippen LogP contribution is -2.44. The smallest absolute Gasteiger partial charge is 0.242 e. The standard InChI is InChI=1S/C19H32FN3O2/c20-15-5-3-4-13(10-15)14-7-9-23(12-14)19(24)17-11-18(25-22-17)16-6-1-2-8-21-16/h13-18,21-22H,1-12H2. The molecule has 4 fully saturated rings. The Balaban J connectivity index is 1.27. The van der Waals surface area contributed by atoms with E-state index in [1.165, 1.54) is 12.8 Å². The number of nitrogens with zero attached hydrogens (tertiary/aromatic N) is 1. The summed E-state index contributed by atoms with van der Waals surface area (Å²) in [7, 11) is 0. The first-order valence-electron chi connectivity index (χ1n) is 10.3. The van der Waals surface area contributed by atoms with Crippen LogP contribution in [0.2, 0.25) is 0 Å². The Morgan fingerprint density at radius 2 is 1.96 bits per heavy atom. The molecule has 4 rings (SSSR count). The molecule has 6 heteroatoms. The van der Waals surface area contributed by atoms with Crippen LogP contribution in [0.25, 0.3) is 0 Å². The van der Waals surface area contributed by atoms with E-state index in [9.17, 15) is 9.18 Å². The molecule has 0 bridgehead atoms. The molecule has 4 aliphatic rings. The maximum Gasteiger partial charge on any atom is 0.242 e. The Morgan fingerprint density at radius 1 is 1.04 bits per heavy atom. The van der Waals surface area contributed by atoms with Gasteiger partial charge in [0.05, 0.1) is 6.10 Å². The normalized spacial score (nSPS) is 42.7. The van der Waals surface area contributed by atoms with Crippen molar-refractivity contribution in [1.82, 2.24) is 15.7 Å². The third kappa shape index (κ3) is 4.01. The summed E-state index contributed by atoms with van der Waals surface area (Å²) in [6.07, 6.45) is 8.42. The second-order valence-electron chi connectivity index (χ2n) is 8.48. The molecule has 0 aromatic heterocycles. The van der Waals surface area contributed by atoms with Crippen molar-refractivity contribution in [2.45, 2.75) is 82.1 Å². The summed E-state index contributed by atoms with van der Waals surface area (Å²) in [5.41, 5.74) is 2.99. The van der Waals surface area contributed by atoms with Gasteiger partial charge in [0.25, 0.3) is 0 Å². The van der Waals surface area contributed by atoms with Gasteiger partial charge in [-0.3, -0.25) is 9.63 Å². The zero-order chi connectivity index (χ0) is 17.2. The number of carbonyl (C=O) groups excluding carboxylic acids is 1. The lowest BCUT2D eigenvalue weighted by Gasteiger charge is -2.29. The van der Waals surface area contributed by atoms with E-state index in [1.807, 2.05) is 4.90 Å². The van der Waals surface area contributed by atoms with Crippen LogP contribution in [0.5, 0.6) is 0 Å². The zero-order valence-corrected chi connectivity index (χ0v) is 15.1. The highest BCUT2D eigenvalue weighted by Gasteiger charge is 2.41. The minimum absolute atomic E-state index is 0.0956. The van der Waals surface area contributed by atoms with Crippen LogP contribution in [0, 0.1) is 11.8 Å². The van der Waals surface area contributed by atoms with Crippen molar-refractivity contribution in [2.24, 2.45) is 11.8 Å². The predicted molar refractivity (Wildman–Crippen MR) is 93.6 cm³/mol. The van der Waals surface area contributed by atoms with E-state index >= 15 is 0 Å². The second-order valence-corrected chi connectivity index (χ2v) is 8.48. The molecular formula is C19H32FN3O2. The highest BCUT2D eigenvalue weighted by Crippen LogP contribution is 2.36. The lowest BCUT2D eigenvalue weighted by atomic mass is 9.79. The van der Waals surface area contributed by atoms with Crippen molar-refractivity contribution >= 4 is 5.91 Å². The van der Waals surface area contributed by atoms with Gasteiger partial charge in [-0.25, -0.2) is 4.39 Å². The van der Waals surface area contributed by atoms with Gasteiger partial charge in [0, 0.05) is 25.6 Å². The first kappa shape index (κ1) is 17.7. The fourth-order valence-corrected chi connectivity index (χ4v) is 5.28. The number of hydroxylamine groups is 1. The quantitative estimate of drug-likeness (QED) is 0.816. The summed E-state index contributed by atoms with van der Waals surface area (Å²) in [5, 5.41) is 3.52. The molecule has 3 saturated heterocycles. The number of rotatable bonds is 3. The minimum atomic E-state index is -0.628. The Labute approximate surface area is 150 Å². The van der Waals surface area contributed by atoms with Crippen molar-refractivity contribution in [3.05, 3.63) is 0 Å². The van der Waals surface area contributed by atoms with Crippen molar-refractivity contribution in [3.8, 4) is 0 Å². The van der Waals surface area contributed by atoms with Gasteiger partial charge in [-0.2, -0.15) is 5.48 Å². The summed E-state index contributed by atoms with van der Waals surface area (Å²) in [6, 6.07) is 0.154. The third-order valence-electron chi connectivity index (χ3n) is 6.78. The average Bonchev–Trinajstić information content (AvgIpc) is 3.32. The van der Waals surface area contributed by atoms with Gasteiger partial charge < -0.3 is 10.2 Å². The number of alkyl halides is 1. The number of hydrogen-bond donors (Lipinski definition) is 2. The van der Waals surface area contributed by atoms with Crippen LogP contribution in [0.1, 0.15) is 57.8 Å². The van der Waals surface area contributed by atoms with Gasteiger partial charge in [0.2, 0.25) is 5.91 Å². The molecule has 25 heavy (non-hydrogen) atoms. The summed E-state index contributed by atoms with van der Waals surface area (Å²) in [6.45, 7) is 2.68. The van der Waals surface area contributed by atoms with Gasteiger partial charge in [-0.15, -0.1) is 0 Å². The Bertz CT molecular complexity index is 472. The number of hydrogen-bond acceptors (Lipinski definition) is 4. The highest BCUT2D eigenvalue weighted by molar-refractivity contribution is 5.82. The molecular weight excluding hydrogens is 321 g/mol. The van der Waals surface area contributed by atoms with Gasteiger partial charge >= 0.3 is 0 Å². The number of halogens is 1. The molecule has 1 aliphatic carbocycles. The molecule has 3 heterocycles. The molecule has 0 aromatic carbocycles. The summed E-state index contributed by atoms with van der Waals surface area (Å²) >= 11 is 0. The van der Waals surface area contributed by atoms with E-state index in [0.717, 1.165) is 58.2 Å². The fraction of sp³-hybridized carbons (Fsp3) is 0.947. The largest absolute Gasteiger partial charge is 0.341 e. The minimum Gasteiger partial charge on any atom is -0.341 e. The second kappa shape index (κ2) is 7.89. The zero-order valence-electron chi connectivity index (χ0n) is 15.1. The van der Waals surface area contributed by atoms with Crippen LogP contribution in [0.4, 0.5) is 4.39 Å². The molecule has 6 unspecified atom stereocenters. The van der Waals surface area contributed by atoms with E-state index in [1.54, 1.807) is 0 Å². The van der Waals surface area contributed by atoms with E-state index < -0.39 is 6.17 Å². The summed E-state index contributed by atoms with van der Waals surface area (Å²) < 4.78 is 13.7. The molecule has 5 nitrogen and oxygen atoms in total. The van der Waals surface area contributed by atoms with Crippen molar-refractivity contribution in [1.29, 1.82) is 0 Å². The van der Waals surface area contributed by atoms with Crippen LogP contribution in [0.3, 0.4) is 0 Å². The number of amides is 1. The predicted octanol–water partition coefficient (Wildman–Crippen LogP) is 2.17. The van der Waals surface area contributed by atoms with Crippen LogP contribution < -0.4 is 10.8 Å². The van der Waals surface area contributed by atoms with E-state index in [2.05, 4.69) is 10.8 Å². The first-order valence-corrected chi connectivity index (χ1v) is 10.3. The van der Waals surface area contributed by atoms with Crippen molar-refractivity contribution in [3.63, 3.8) is 0 Å². The monoisotopic (exact) mass is 353 g/mol. The summed E-state index contributed by atoms with van der Waals surface area (Å²) in [5.74, 6) is 1.13.